The molecule has 5 fully saturated rings. The van der Waals surface area contributed by atoms with Gasteiger partial charge < -0.3 is 33.2 Å². The molecule has 282 valence electrons. The van der Waals surface area contributed by atoms with E-state index in [1.165, 1.54) is 27.7 Å². The van der Waals surface area contributed by atoms with Gasteiger partial charge in [0.1, 0.15) is 29.3 Å². The summed E-state index contributed by atoms with van der Waals surface area (Å²) in [5.74, 6) is -7.01. The van der Waals surface area contributed by atoms with Crippen molar-refractivity contribution in [3.05, 3.63) is 23.3 Å². The van der Waals surface area contributed by atoms with Crippen LogP contribution in [0, 0.1) is 40.4 Å². The number of hydrogen-bond acceptors (Lipinski definition) is 13. The minimum Gasteiger partial charge on any atom is -0.462 e. The lowest BCUT2D eigenvalue weighted by Crippen LogP contribution is -2.67. The number of ether oxygens (including phenoxy) is 7. The lowest BCUT2D eigenvalue weighted by molar-refractivity contribution is -0.292. The lowest BCUT2D eigenvalue weighted by Gasteiger charge is -2.52. The molecule has 13 atom stereocenters. The topological polar surface area (TPSA) is 167 Å². The van der Waals surface area contributed by atoms with Crippen LogP contribution in [0.25, 0.3) is 0 Å². The third-order valence-electron chi connectivity index (χ3n) is 12.5. The fraction of sp³-hybridized carbons (Fsp3) is 0.737. The summed E-state index contributed by atoms with van der Waals surface area (Å²) in [6.07, 6.45) is -3.08. The smallest absolute Gasteiger partial charge is 0.334 e. The Bertz CT molecular complexity index is 1580. The largest absolute Gasteiger partial charge is 0.462 e. The van der Waals surface area contributed by atoms with Crippen LogP contribution in [0.4, 0.5) is 0 Å². The Balaban J connectivity index is 1.98. The molecular formula is C38H52O13. The number of hydrogen-bond donors (Lipinski definition) is 0. The van der Waals surface area contributed by atoms with E-state index in [0.29, 0.717) is 6.42 Å². The summed E-state index contributed by atoms with van der Waals surface area (Å²) in [4.78, 5) is 80.3. The van der Waals surface area contributed by atoms with Crippen molar-refractivity contribution < 1.29 is 61.9 Å². The van der Waals surface area contributed by atoms with E-state index in [2.05, 4.69) is 13.8 Å². The van der Waals surface area contributed by atoms with Crippen LogP contribution in [0.15, 0.2) is 23.3 Å². The van der Waals surface area contributed by atoms with E-state index in [9.17, 15) is 28.8 Å². The molecule has 1 heterocycles. The van der Waals surface area contributed by atoms with Crippen LogP contribution in [0.2, 0.25) is 0 Å². The first-order valence-electron chi connectivity index (χ1n) is 17.7. The van der Waals surface area contributed by atoms with Gasteiger partial charge in [-0.3, -0.25) is 19.2 Å². The molecule has 4 aliphatic carbocycles. The van der Waals surface area contributed by atoms with E-state index in [1.54, 1.807) is 53.7 Å². The number of allylic oxidation sites excluding steroid dienone is 2. The number of carbonyl (C=O) groups excluding carboxylic acids is 6. The zero-order chi connectivity index (χ0) is 38.2. The Kier molecular flexibility index (Phi) is 9.84. The van der Waals surface area contributed by atoms with E-state index < -0.39 is 101 Å². The van der Waals surface area contributed by atoms with Gasteiger partial charge in [0.25, 0.3) is 0 Å². The van der Waals surface area contributed by atoms with Crippen molar-refractivity contribution >= 4 is 35.8 Å². The molecule has 5 rings (SSSR count). The summed E-state index contributed by atoms with van der Waals surface area (Å²) < 4.78 is 44.8. The normalized spacial score (nSPS) is 41.8. The SMILES string of the molecule is C/C=C(\C)C(=O)O[C@@H]1[C@H]2[C@@H](OC(C)=O)[C@@H](C)C[C@]2(OC(=O)/C(C)=C/C)[C@H](OC(C)=O)[C@]2(C)O[C@H](OC(C)=O)[C@]13[C@@H](OC(C)=O)C[C@H]1[C@@H]([C@@H]23)C1(C)C. The van der Waals surface area contributed by atoms with Crippen LogP contribution in [0.3, 0.4) is 0 Å². The second-order valence-corrected chi connectivity index (χ2v) is 15.9. The summed E-state index contributed by atoms with van der Waals surface area (Å²) >= 11 is 0. The predicted molar refractivity (Wildman–Crippen MR) is 178 cm³/mol. The van der Waals surface area contributed by atoms with Gasteiger partial charge in [0.05, 0.1) is 5.92 Å². The van der Waals surface area contributed by atoms with Crippen molar-refractivity contribution in [2.24, 2.45) is 40.4 Å². The number of carbonyl (C=O) groups is 6. The molecule has 0 unspecified atom stereocenters. The predicted octanol–water partition coefficient (Wildman–Crippen LogP) is 4.53. The van der Waals surface area contributed by atoms with Crippen LogP contribution >= 0.6 is 0 Å². The third-order valence-corrected chi connectivity index (χ3v) is 12.5. The van der Waals surface area contributed by atoms with E-state index in [4.69, 9.17) is 33.2 Å². The Morgan fingerprint density at radius 3 is 1.78 bits per heavy atom. The van der Waals surface area contributed by atoms with Gasteiger partial charge in [-0.25, -0.2) is 9.59 Å². The van der Waals surface area contributed by atoms with Gasteiger partial charge in [0.2, 0.25) is 6.29 Å². The summed E-state index contributed by atoms with van der Waals surface area (Å²) in [6, 6.07) is 0. The molecule has 2 bridgehead atoms. The van der Waals surface area contributed by atoms with E-state index >= 15 is 0 Å². The Labute approximate surface area is 299 Å². The number of rotatable bonds is 8. The monoisotopic (exact) mass is 716 g/mol. The summed E-state index contributed by atoms with van der Waals surface area (Å²) in [7, 11) is 0. The molecule has 1 saturated heterocycles. The molecule has 1 aliphatic heterocycles. The molecular weight excluding hydrogens is 664 g/mol. The van der Waals surface area contributed by atoms with Crippen molar-refractivity contribution in [3.8, 4) is 0 Å². The standard InChI is InChI=1S/C38H52O13/c1-13-17(3)31(43)49-30-27-28(46-21(7)40)19(5)16-37(27,50-32(44)18(4)14-2)33(47-22(8)41)36(12)29-26-24(35(26,10)11)15-25(45-20(6)39)38(29,30)34(51-36)48-23(9)42/h13-14,19,24-30,33-34H,15-16H2,1-12H3/b17-13+,18-14+/t19-,24-,25-,26-,27+,28-,29-,30+,33+,34-,36+,37+,38-/m0/s1. The molecule has 0 aromatic heterocycles. The second-order valence-electron chi connectivity index (χ2n) is 15.9. The number of fused-ring (bicyclic) bond motifs is 2. The summed E-state index contributed by atoms with van der Waals surface area (Å²) in [5.41, 5.74) is -5.01. The van der Waals surface area contributed by atoms with Crippen LogP contribution in [0.5, 0.6) is 0 Å². The average molecular weight is 717 g/mol. The average Bonchev–Trinajstić information content (AvgIpc) is 3.31. The minimum atomic E-state index is -1.84. The van der Waals surface area contributed by atoms with Crippen molar-refractivity contribution in [1.29, 1.82) is 0 Å². The Morgan fingerprint density at radius 1 is 0.706 bits per heavy atom. The maximum absolute atomic E-state index is 14.1. The highest BCUT2D eigenvalue weighted by molar-refractivity contribution is 5.89. The molecule has 0 aromatic carbocycles. The second kappa shape index (κ2) is 13.0. The molecule has 5 aliphatic rings. The highest BCUT2D eigenvalue weighted by Crippen LogP contribution is 2.80. The highest BCUT2D eigenvalue weighted by atomic mass is 16.7. The lowest BCUT2D eigenvalue weighted by atomic mass is 9.56. The van der Waals surface area contributed by atoms with E-state index in [0.717, 1.165) is 0 Å². The van der Waals surface area contributed by atoms with Crippen LogP contribution < -0.4 is 0 Å². The molecule has 13 heteroatoms. The molecule has 0 N–H and O–H groups in total. The van der Waals surface area contributed by atoms with E-state index in [-0.39, 0.29) is 34.8 Å². The highest BCUT2D eigenvalue weighted by Gasteiger charge is 2.89. The van der Waals surface area contributed by atoms with Gasteiger partial charge in [-0.2, -0.15) is 0 Å². The molecule has 4 saturated carbocycles. The molecule has 0 radical (unpaired) electrons. The van der Waals surface area contributed by atoms with Gasteiger partial charge in [0, 0.05) is 44.8 Å². The quantitative estimate of drug-likeness (QED) is 0.195. The first-order valence-corrected chi connectivity index (χ1v) is 17.7. The molecule has 0 spiro atoms. The third kappa shape index (κ3) is 5.78. The van der Waals surface area contributed by atoms with Crippen LogP contribution in [-0.4, -0.2) is 77.7 Å². The van der Waals surface area contributed by atoms with Crippen LogP contribution in [0.1, 0.15) is 95.9 Å². The molecule has 13 nitrogen and oxygen atoms in total. The van der Waals surface area contributed by atoms with Crippen molar-refractivity contribution in [1.82, 2.24) is 0 Å². The first-order chi connectivity index (χ1) is 23.6. The van der Waals surface area contributed by atoms with Gasteiger partial charge >= 0.3 is 35.8 Å². The first kappa shape index (κ1) is 38.5. The van der Waals surface area contributed by atoms with Crippen molar-refractivity contribution in [3.63, 3.8) is 0 Å². The fourth-order valence-electron chi connectivity index (χ4n) is 10.4. The van der Waals surface area contributed by atoms with Crippen molar-refractivity contribution in [2.45, 2.75) is 138 Å². The fourth-order valence-corrected chi connectivity index (χ4v) is 10.4. The Hall–Kier alpha value is -3.74. The zero-order valence-electron chi connectivity index (χ0n) is 31.6. The molecule has 0 aromatic rings. The van der Waals surface area contributed by atoms with Gasteiger partial charge in [-0.1, -0.05) is 32.9 Å². The Morgan fingerprint density at radius 2 is 1.25 bits per heavy atom. The van der Waals surface area contributed by atoms with E-state index in [1.807, 2.05) is 0 Å². The van der Waals surface area contributed by atoms with Gasteiger partial charge in [-0.05, 0) is 70.6 Å². The summed E-state index contributed by atoms with van der Waals surface area (Å²) in [6.45, 7) is 19.1. The molecule has 51 heavy (non-hydrogen) atoms. The van der Waals surface area contributed by atoms with Crippen LogP contribution in [-0.2, 0) is 61.9 Å². The maximum Gasteiger partial charge on any atom is 0.334 e. The summed E-state index contributed by atoms with van der Waals surface area (Å²) in [5, 5.41) is 0. The van der Waals surface area contributed by atoms with Gasteiger partial charge in [-0.15, -0.1) is 0 Å². The minimum absolute atomic E-state index is 0.00263. The van der Waals surface area contributed by atoms with Crippen molar-refractivity contribution in [2.75, 3.05) is 0 Å². The molecule has 0 amide bonds. The number of esters is 6. The zero-order valence-corrected chi connectivity index (χ0v) is 31.6. The van der Waals surface area contributed by atoms with Gasteiger partial charge in [0.15, 0.2) is 11.7 Å². The maximum atomic E-state index is 14.1.